The molecule has 1 atom stereocenters. The normalized spacial score (nSPS) is 12.2. The lowest BCUT2D eigenvalue weighted by molar-refractivity contribution is 0.613. The molecule has 0 aliphatic heterocycles. The van der Waals surface area contributed by atoms with E-state index in [1.54, 1.807) is 6.33 Å². The van der Waals surface area contributed by atoms with Gasteiger partial charge in [0.25, 0.3) is 0 Å². The molecule has 16 heavy (non-hydrogen) atoms. The molecule has 1 aromatic rings. The topological polar surface area (TPSA) is 49.8 Å². The molecule has 0 radical (unpaired) electrons. The molecule has 0 amide bonds. The molecule has 0 aliphatic rings. The van der Waals surface area contributed by atoms with Crippen LogP contribution in [0, 0.1) is 0 Å². The highest BCUT2D eigenvalue weighted by atomic mass is 15.1. The van der Waals surface area contributed by atoms with Gasteiger partial charge in [0.2, 0.25) is 0 Å². The summed E-state index contributed by atoms with van der Waals surface area (Å²) in [6, 6.07) is 2.39. The van der Waals surface area contributed by atoms with E-state index >= 15 is 0 Å². The molecule has 2 N–H and O–H groups in total. The van der Waals surface area contributed by atoms with Crippen LogP contribution in [0.25, 0.3) is 0 Å². The molecule has 0 aliphatic carbocycles. The van der Waals surface area contributed by atoms with Crippen molar-refractivity contribution in [1.82, 2.24) is 9.97 Å². The van der Waals surface area contributed by atoms with Crippen LogP contribution in [0.5, 0.6) is 0 Å². The summed E-state index contributed by atoms with van der Waals surface area (Å²) >= 11 is 0. The number of nitrogens with one attached hydrogen (secondary N) is 2. The minimum Gasteiger partial charge on any atom is -0.373 e. The van der Waals surface area contributed by atoms with Crippen molar-refractivity contribution in [3.8, 4) is 0 Å². The van der Waals surface area contributed by atoms with Crippen molar-refractivity contribution >= 4 is 11.6 Å². The largest absolute Gasteiger partial charge is 0.373 e. The first-order chi connectivity index (χ1) is 7.76. The lowest BCUT2D eigenvalue weighted by Gasteiger charge is -2.14. The summed E-state index contributed by atoms with van der Waals surface area (Å²) in [6.07, 6.45) is 6.61. The summed E-state index contributed by atoms with van der Waals surface area (Å²) in [7, 11) is 1.86. The van der Waals surface area contributed by atoms with E-state index in [0.29, 0.717) is 6.04 Å². The number of hydrogen-bond donors (Lipinski definition) is 2. The number of nitrogens with zero attached hydrogens (tertiary/aromatic N) is 2. The van der Waals surface area contributed by atoms with Gasteiger partial charge in [-0.15, -0.1) is 0 Å². The van der Waals surface area contributed by atoms with Gasteiger partial charge in [0.05, 0.1) is 0 Å². The molecule has 1 rings (SSSR count). The molecular formula is C12H22N4. The number of rotatable bonds is 7. The smallest absolute Gasteiger partial charge is 0.131 e. The molecular weight excluding hydrogens is 200 g/mol. The summed E-state index contributed by atoms with van der Waals surface area (Å²) in [5, 5.41) is 6.39. The van der Waals surface area contributed by atoms with Gasteiger partial charge < -0.3 is 10.6 Å². The van der Waals surface area contributed by atoms with Gasteiger partial charge >= 0.3 is 0 Å². The number of unbranched alkanes of at least 4 members (excludes halogenated alkanes) is 2. The average Bonchev–Trinajstić information content (AvgIpc) is 2.29. The van der Waals surface area contributed by atoms with Crippen LogP contribution in [0.3, 0.4) is 0 Å². The zero-order valence-electron chi connectivity index (χ0n) is 10.5. The quantitative estimate of drug-likeness (QED) is 0.696. The average molecular weight is 222 g/mol. The van der Waals surface area contributed by atoms with E-state index in [1.807, 2.05) is 13.1 Å². The van der Waals surface area contributed by atoms with Crippen molar-refractivity contribution in [2.24, 2.45) is 0 Å². The van der Waals surface area contributed by atoms with Crippen LogP contribution in [-0.2, 0) is 0 Å². The van der Waals surface area contributed by atoms with E-state index in [2.05, 4.69) is 34.4 Å². The van der Waals surface area contributed by atoms with Gasteiger partial charge in [-0.2, -0.15) is 0 Å². The molecule has 4 heteroatoms. The SMILES string of the molecule is CCCCCC(C)Nc1cc(NC)ncn1. The van der Waals surface area contributed by atoms with Crippen LogP contribution in [0.4, 0.5) is 11.6 Å². The number of anilines is 2. The van der Waals surface area contributed by atoms with Crippen molar-refractivity contribution < 1.29 is 0 Å². The van der Waals surface area contributed by atoms with Gasteiger partial charge in [-0.3, -0.25) is 0 Å². The van der Waals surface area contributed by atoms with Crippen molar-refractivity contribution in [2.45, 2.75) is 45.6 Å². The van der Waals surface area contributed by atoms with Crippen LogP contribution in [0.1, 0.15) is 39.5 Å². The van der Waals surface area contributed by atoms with E-state index in [9.17, 15) is 0 Å². The van der Waals surface area contributed by atoms with E-state index in [0.717, 1.165) is 11.6 Å². The van der Waals surface area contributed by atoms with Gasteiger partial charge in [-0.05, 0) is 13.3 Å². The molecule has 4 nitrogen and oxygen atoms in total. The fourth-order valence-corrected chi connectivity index (χ4v) is 1.60. The lowest BCUT2D eigenvalue weighted by atomic mass is 10.1. The predicted octanol–water partition coefficient (Wildman–Crippen LogP) is 2.90. The summed E-state index contributed by atoms with van der Waals surface area (Å²) in [4.78, 5) is 8.27. The lowest BCUT2D eigenvalue weighted by Crippen LogP contribution is -2.16. The first-order valence-corrected chi connectivity index (χ1v) is 6.02. The van der Waals surface area contributed by atoms with Gasteiger partial charge in [-0.1, -0.05) is 26.2 Å². The minimum atomic E-state index is 0.464. The van der Waals surface area contributed by atoms with Crippen molar-refractivity contribution in [3.63, 3.8) is 0 Å². The highest BCUT2D eigenvalue weighted by Crippen LogP contribution is 2.11. The summed E-state index contributed by atoms with van der Waals surface area (Å²) in [6.45, 7) is 4.42. The van der Waals surface area contributed by atoms with E-state index in [1.165, 1.54) is 25.7 Å². The van der Waals surface area contributed by atoms with Crippen LogP contribution < -0.4 is 10.6 Å². The van der Waals surface area contributed by atoms with E-state index in [-0.39, 0.29) is 0 Å². The Morgan fingerprint density at radius 2 is 2.00 bits per heavy atom. The zero-order chi connectivity index (χ0) is 11.8. The molecule has 1 unspecified atom stereocenters. The maximum Gasteiger partial charge on any atom is 0.131 e. The Bertz CT molecular complexity index is 301. The third-order valence-corrected chi connectivity index (χ3v) is 2.56. The molecule has 0 fully saturated rings. The standard InChI is InChI=1S/C12H22N4/c1-4-5-6-7-10(2)16-12-8-11(13-3)14-9-15-12/h8-10H,4-7H2,1-3H3,(H2,13,14,15,16). The number of hydrogen-bond acceptors (Lipinski definition) is 4. The second-order valence-electron chi connectivity index (χ2n) is 4.08. The van der Waals surface area contributed by atoms with Crippen molar-refractivity contribution in [3.05, 3.63) is 12.4 Å². The Kier molecular flexibility index (Phi) is 5.61. The Labute approximate surface area is 97.9 Å². The summed E-state index contributed by atoms with van der Waals surface area (Å²) in [5.74, 6) is 1.74. The zero-order valence-corrected chi connectivity index (χ0v) is 10.5. The summed E-state index contributed by atoms with van der Waals surface area (Å²) < 4.78 is 0. The molecule has 0 saturated carbocycles. The molecule has 90 valence electrons. The third kappa shape index (κ3) is 4.47. The van der Waals surface area contributed by atoms with E-state index in [4.69, 9.17) is 0 Å². The first kappa shape index (κ1) is 12.7. The Morgan fingerprint density at radius 3 is 2.69 bits per heavy atom. The molecule has 0 spiro atoms. The van der Waals surface area contributed by atoms with Crippen molar-refractivity contribution in [2.75, 3.05) is 17.7 Å². The molecule has 0 bridgehead atoms. The van der Waals surface area contributed by atoms with Gasteiger partial charge in [0, 0.05) is 19.2 Å². The Balaban J connectivity index is 2.39. The maximum atomic E-state index is 4.19. The number of aromatic nitrogens is 2. The summed E-state index contributed by atoms with van der Waals surface area (Å²) in [5.41, 5.74) is 0. The maximum absolute atomic E-state index is 4.19. The van der Waals surface area contributed by atoms with Crippen LogP contribution >= 0.6 is 0 Å². The first-order valence-electron chi connectivity index (χ1n) is 6.02. The molecule has 0 aromatic carbocycles. The van der Waals surface area contributed by atoms with Crippen LogP contribution in [-0.4, -0.2) is 23.1 Å². The molecule has 0 saturated heterocycles. The Morgan fingerprint density at radius 1 is 1.25 bits per heavy atom. The highest BCUT2D eigenvalue weighted by Gasteiger charge is 2.03. The van der Waals surface area contributed by atoms with Gasteiger partial charge in [-0.25, -0.2) is 9.97 Å². The second kappa shape index (κ2) is 7.04. The Hall–Kier alpha value is -1.32. The third-order valence-electron chi connectivity index (χ3n) is 2.56. The molecule has 1 aromatic heterocycles. The molecule has 1 heterocycles. The van der Waals surface area contributed by atoms with Gasteiger partial charge in [0.1, 0.15) is 18.0 Å². The van der Waals surface area contributed by atoms with Crippen LogP contribution in [0.2, 0.25) is 0 Å². The predicted molar refractivity (Wildman–Crippen MR) is 68.8 cm³/mol. The van der Waals surface area contributed by atoms with Crippen molar-refractivity contribution in [1.29, 1.82) is 0 Å². The van der Waals surface area contributed by atoms with Gasteiger partial charge in [0.15, 0.2) is 0 Å². The fourth-order valence-electron chi connectivity index (χ4n) is 1.60. The highest BCUT2D eigenvalue weighted by molar-refractivity contribution is 5.46. The van der Waals surface area contributed by atoms with E-state index < -0.39 is 0 Å². The fraction of sp³-hybridized carbons (Fsp3) is 0.667. The second-order valence-corrected chi connectivity index (χ2v) is 4.08. The monoisotopic (exact) mass is 222 g/mol. The minimum absolute atomic E-state index is 0.464. The van der Waals surface area contributed by atoms with Crippen LogP contribution in [0.15, 0.2) is 12.4 Å².